The van der Waals surface area contributed by atoms with Crippen LogP contribution in [0.4, 0.5) is 0 Å². The van der Waals surface area contributed by atoms with Gasteiger partial charge in [0.1, 0.15) is 5.71 Å². The Balaban J connectivity index is 1.63. The summed E-state index contributed by atoms with van der Waals surface area (Å²) in [5.41, 5.74) is 2.07. The van der Waals surface area contributed by atoms with Crippen molar-refractivity contribution in [2.24, 2.45) is 4.99 Å². The summed E-state index contributed by atoms with van der Waals surface area (Å²) in [4.78, 5) is 4.90. The second-order valence-electron chi connectivity index (χ2n) is 6.50. The zero-order chi connectivity index (χ0) is 15.2. The fourth-order valence-corrected chi connectivity index (χ4v) is 3.83. The molecular formula is C18H23NO3. The van der Waals surface area contributed by atoms with Crippen molar-refractivity contribution in [3.05, 3.63) is 35.9 Å². The average molecular weight is 301 g/mol. The standard InChI is InChI=1S/C18H23NO3/c1-3-17(19-12(2)13-7-5-4-6-8-13)18-20-14-9-15(21-18)11-16(10-14)22-18/h4-8,12,14-16H,3,9-11H2,1-2H3/t12-,14?,15?,16?,18?/m0/s1. The Morgan fingerprint density at radius 3 is 2.14 bits per heavy atom. The lowest BCUT2D eigenvalue weighted by Gasteiger charge is -2.55. The van der Waals surface area contributed by atoms with Crippen LogP contribution in [0.5, 0.6) is 0 Å². The van der Waals surface area contributed by atoms with E-state index in [1.807, 2.05) is 18.2 Å². The minimum Gasteiger partial charge on any atom is -0.319 e. The van der Waals surface area contributed by atoms with Crippen molar-refractivity contribution in [1.82, 2.24) is 0 Å². The highest BCUT2D eigenvalue weighted by molar-refractivity contribution is 5.90. The lowest BCUT2D eigenvalue weighted by Crippen LogP contribution is -2.65. The Morgan fingerprint density at radius 2 is 1.64 bits per heavy atom. The van der Waals surface area contributed by atoms with Crippen LogP contribution in [0, 0.1) is 0 Å². The van der Waals surface area contributed by atoms with Gasteiger partial charge in [-0.25, -0.2) is 0 Å². The van der Waals surface area contributed by atoms with Crippen LogP contribution < -0.4 is 0 Å². The summed E-state index contributed by atoms with van der Waals surface area (Å²) in [5, 5.41) is 0. The number of nitrogens with zero attached hydrogens (tertiary/aromatic N) is 1. The molecule has 0 unspecified atom stereocenters. The highest BCUT2D eigenvalue weighted by atomic mass is 16.9. The number of hydrogen-bond donors (Lipinski definition) is 0. The molecule has 4 bridgehead atoms. The minimum absolute atomic E-state index is 0.0694. The first-order valence-electron chi connectivity index (χ1n) is 8.34. The quantitative estimate of drug-likeness (QED) is 0.797. The Kier molecular flexibility index (Phi) is 3.56. The maximum Gasteiger partial charge on any atom is 0.326 e. The highest BCUT2D eigenvalue weighted by Crippen LogP contribution is 2.46. The molecule has 3 aliphatic heterocycles. The fraction of sp³-hybridized carbons (Fsp3) is 0.611. The molecule has 3 heterocycles. The molecule has 4 fully saturated rings. The molecule has 0 radical (unpaired) electrons. The van der Waals surface area contributed by atoms with Gasteiger partial charge in [-0.1, -0.05) is 37.3 Å². The number of rotatable bonds is 4. The van der Waals surface area contributed by atoms with Crippen LogP contribution in [0.15, 0.2) is 35.3 Å². The first-order chi connectivity index (χ1) is 10.7. The predicted molar refractivity (Wildman–Crippen MR) is 83.8 cm³/mol. The Labute approximate surface area is 131 Å². The molecule has 1 aliphatic carbocycles. The highest BCUT2D eigenvalue weighted by Gasteiger charge is 2.57. The van der Waals surface area contributed by atoms with E-state index in [0.29, 0.717) is 0 Å². The van der Waals surface area contributed by atoms with Gasteiger partial charge < -0.3 is 14.2 Å². The van der Waals surface area contributed by atoms with Gasteiger partial charge in [-0.05, 0) is 18.9 Å². The Hall–Kier alpha value is -1.23. The molecule has 1 aromatic carbocycles. The van der Waals surface area contributed by atoms with Crippen LogP contribution in [-0.2, 0) is 14.2 Å². The molecule has 22 heavy (non-hydrogen) atoms. The molecule has 3 saturated heterocycles. The zero-order valence-electron chi connectivity index (χ0n) is 13.2. The number of ether oxygens (including phenoxy) is 3. The van der Waals surface area contributed by atoms with Gasteiger partial charge in [0.05, 0.1) is 24.4 Å². The second-order valence-corrected chi connectivity index (χ2v) is 6.50. The van der Waals surface area contributed by atoms with Gasteiger partial charge in [-0.15, -0.1) is 0 Å². The van der Waals surface area contributed by atoms with E-state index in [9.17, 15) is 0 Å². The van der Waals surface area contributed by atoms with Gasteiger partial charge in [-0.2, -0.15) is 0 Å². The smallest absolute Gasteiger partial charge is 0.319 e. The average Bonchev–Trinajstić information content (AvgIpc) is 2.51. The van der Waals surface area contributed by atoms with Gasteiger partial charge >= 0.3 is 5.97 Å². The number of hydrogen-bond acceptors (Lipinski definition) is 4. The molecule has 0 amide bonds. The van der Waals surface area contributed by atoms with Crippen molar-refractivity contribution < 1.29 is 14.2 Å². The lowest BCUT2D eigenvalue weighted by molar-refractivity contribution is -0.460. The zero-order valence-corrected chi connectivity index (χ0v) is 13.2. The maximum atomic E-state index is 6.13. The second kappa shape index (κ2) is 5.44. The molecule has 0 N–H and O–H groups in total. The summed E-state index contributed by atoms with van der Waals surface area (Å²) < 4.78 is 18.4. The van der Waals surface area contributed by atoms with Crippen molar-refractivity contribution in [2.75, 3.05) is 0 Å². The molecule has 1 aromatic rings. The molecule has 4 aliphatic rings. The van der Waals surface area contributed by atoms with Crippen LogP contribution >= 0.6 is 0 Å². The Bertz CT molecular complexity index is 534. The van der Waals surface area contributed by atoms with Crippen LogP contribution in [-0.4, -0.2) is 30.0 Å². The fourth-order valence-electron chi connectivity index (χ4n) is 3.83. The van der Waals surface area contributed by atoms with Gasteiger partial charge in [-0.3, -0.25) is 4.99 Å². The number of aliphatic imine (C=N–C) groups is 1. The topological polar surface area (TPSA) is 40.0 Å². The summed E-state index contributed by atoms with van der Waals surface area (Å²) in [6.07, 6.45) is 4.52. The van der Waals surface area contributed by atoms with Crippen LogP contribution in [0.3, 0.4) is 0 Å². The van der Waals surface area contributed by atoms with Crippen LogP contribution in [0.25, 0.3) is 0 Å². The van der Waals surface area contributed by atoms with Crippen LogP contribution in [0.2, 0.25) is 0 Å². The molecule has 1 atom stereocenters. The van der Waals surface area contributed by atoms with Crippen molar-refractivity contribution in [2.45, 2.75) is 69.9 Å². The first-order valence-corrected chi connectivity index (χ1v) is 8.34. The van der Waals surface area contributed by atoms with Gasteiger partial charge in [0.25, 0.3) is 0 Å². The van der Waals surface area contributed by atoms with E-state index >= 15 is 0 Å². The third kappa shape index (κ3) is 2.39. The van der Waals surface area contributed by atoms with E-state index in [0.717, 1.165) is 31.4 Å². The maximum absolute atomic E-state index is 6.13. The largest absolute Gasteiger partial charge is 0.326 e. The van der Waals surface area contributed by atoms with E-state index in [2.05, 4.69) is 26.0 Å². The lowest BCUT2D eigenvalue weighted by atomic mass is 9.88. The van der Waals surface area contributed by atoms with Gasteiger partial charge in [0.15, 0.2) is 0 Å². The van der Waals surface area contributed by atoms with Gasteiger partial charge in [0, 0.05) is 19.3 Å². The Morgan fingerprint density at radius 1 is 1.09 bits per heavy atom. The summed E-state index contributed by atoms with van der Waals surface area (Å²) in [6, 6.07) is 10.4. The van der Waals surface area contributed by atoms with E-state index < -0.39 is 5.97 Å². The monoisotopic (exact) mass is 301 g/mol. The molecular weight excluding hydrogens is 278 g/mol. The van der Waals surface area contributed by atoms with Crippen molar-refractivity contribution >= 4 is 5.71 Å². The van der Waals surface area contributed by atoms with E-state index in [4.69, 9.17) is 19.2 Å². The summed E-state index contributed by atoms with van der Waals surface area (Å²) in [7, 11) is 0. The van der Waals surface area contributed by atoms with Crippen LogP contribution in [0.1, 0.15) is 51.1 Å². The number of benzene rings is 1. The molecule has 0 aromatic heterocycles. The molecule has 4 nitrogen and oxygen atoms in total. The van der Waals surface area contributed by atoms with E-state index in [-0.39, 0.29) is 24.4 Å². The molecule has 5 rings (SSSR count). The molecule has 0 spiro atoms. The van der Waals surface area contributed by atoms with Crippen molar-refractivity contribution in [3.8, 4) is 0 Å². The third-order valence-corrected chi connectivity index (χ3v) is 4.86. The van der Waals surface area contributed by atoms with E-state index in [1.54, 1.807) is 0 Å². The normalized spacial score (nSPS) is 38.3. The van der Waals surface area contributed by atoms with E-state index in [1.165, 1.54) is 5.56 Å². The summed E-state index contributed by atoms with van der Waals surface area (Å²) >= 11 is 0. The van der Waals surface area contributed by atoms with Crippen molar-refractivity contribution in [3.63, 3.8) is 0 Å². The minimum atomic E-state index is -1.02. The first kappa shape index (κ1) is 14.4. The molecule has 4 heteroatoms. The summed E-state index contributed by atoms with van der Waals surface area (Å²) in [5.74, 6) is -1.02. The summed E-state index contributed by atoms with van der Waals surface area (Å²) in [6.45, 7) is 4.19. The third-order valence-electron chi connectivity index (χ3n) is 4.86. The van der Waals surface area contributed by atoms with Gasteiger partial charge in [0.2, 0.25) is 0 Å². The SMILES string of the molecule is CCC(=N[C@@H](C)c1ccccc1)C12OC3CC(CC(C3)O1)O2. The molecule has 118 valence electrons. The van der Waals surface area contributed by atoms with Crippen molar-refractivity contribution in [1.29, 1.82) is 0 Å². The predicted octanol–water partition coefficient (Wildman–Crippen LogP) is 3.62. The molecule has 1 saturated carbocycles.